The first-order valence-corrected chi connectivity index (χ1v) is 12.4. The molecular formula is C24H36O3S. The van der Waals surface area contributed by atoms with Crippen molar-refractivity contribution < 1.29 is 13.0 Å². The Morgan fingerprint density at radius 3 is 1.93 bits per heavy atom. The molecule has 28 heavy (non-hydrogen) atoms. The topological polar surface area (TPSA) is 54.4 Å². The number of unbranched alkanes of at least 4 members (excludes halogenated alkanes) is 8. The predicted octanol–water partition coefficient (Wildman–Crippen LogP) is 7.11. The zero-order chi connectivity index (χ0) is 20.4. The van der Waals surface area contributed by atoms with Gasteiger partial charge in [-0.15, -0.1) is 0 Å². The molecule has 0 bridgehead atoms. The molecule has 0 aliphatic heterocycles. The highest BCUT2D eigenvalue weighted by Gasteiger charge is 2.16. The lowest BCUT2D eigenvalue weighted by Gasteiger charge is -2.11. The van der Waals surface area contributed by atoms with Gasteiger partial charge in [-0.3, -0.25) is 4.55 Å². The SMILES string of the molecule is CCCCCCCc1ccc2cc(S(=O)(=O)O)c(CCCCCCC)cc2c1. The van der Waals surface area contributed by atoms with Crippen LogP contribution in [0, 0.1) is 0 Å². The van der Waals surface area contributed by atoms with Crippen molar-refractivity contribution in [2.45, 2.75) is 95.8 Å². The Kier molecular flexibility index (Phi) is 9.46. The van der Waals surface area contributed by atoms with E-state index in [0.29, 0.717) is 6.42 Å². The molecular weight excluding hydrogens is 368 g/mol. The summed E-state index contributed by atoms with van der Waals surface area (Å²) in [5, 5.41) is 1.94. The molecule has 0 aliphatic carbocycles. The van der Waals surface area contributed by atoms with Crippen LogP contribution in [0.25, 0.3) is 10.8 Å². The third-order valence-electron chi connectivity index (χ3n) is 5.48. The van der Waals surface area contributed by atoms with Crippen LogP contribution in [0.1, 0.15) is 89.2 Å². The van der Waals surface area contributed by atoms with E-state index >= 15 is 0 Å². The summed E-state index contributed by atoms with van der Waals surface area (Å²) in [6.45, 7) is 4.41. The summed E-state index contributed by atoms with van der Waals surface area (Å²) < 4.78 is 33.4. The van der Waals surface area contributed by atoms with Crippen LogP contribution < -0.4 is 0 Å². The van der Waals surface area contributed by atoms with Crippen LogP contribution in [0.15, 0.2) is 35.2 Å². The fourth-order valence-corrected chi connectivity index (χ4v) is 4.58. The molecule has 1 N–H and O–H groups in total. The second-order valence-electron chi connectivity index (χ2n) is 7.94. The lowest BCUT2D eigenvalue weighted by molar-refractivity contribution is 0.482. The highest BCUT2D eigenvalue weighted by molar-refractivity contribution is 7.85. The van der Waals surface area contributed by atoms with Gasteiger partial charge in [-0.05, 0) is 59.7 Å². The van der Waals surface area contributed by atoms with E-state index in [1.807, 2.05) is 12.1 Å². The van der Waals surface area contributed by atoms with Crippen molar-refractivity contribution in [3.8, 4) is 0 Å². The van der Waals surface area contributed by atoms with Crippen molar-refractivity contribution in [2.75, 3.05) is 0 Å². The lowest BCUT2D eigenvalue weighted by atomic mass is 9.98. The van der Waals surface area contributed by atoms with Gasteiger partial charge in [0.05, 0.1) is 4.90 Å². The molecule has 0 amide bonds. The molecule has 2 aromatic rings. The first-order chi connectivity index (χ1) is 13.5. The molecule has 0 heterocycles. The van der Waals surface area contributed by atoms with Crippen molar-refractivity contribution in [1.29, 1.82) is 0 Å². The van der Waals surface area contributed by atoms with Gasteiger partial charge < -0.3 is 0 Å². The van der Waals surface area contributed by atoms with Gasteiger partial charge in [0.25, 0.3) is 10.1 Å². The van der Waals surface area contributed by atoms with Crippen molar-refractivity contribution in [3.63, 3.8) is 0 Å². The van der Waals surface area contributed by atoms with Gasteiger partial charge in [-0.1, -0.05) is 83.4 Å². The van der Waals surface area contributed by atoms with Crippen LogP contribution in [0.3, 0.4) is 0 Å². The van der Waals surface area contributed by atoms with Gasteiger partial charge in [-0.25, -0.2) is 0 Å². The summed E-state index contributed by atoms with van der Waals surface area (Å²) in [5.74, 6) is 0. The van der Waals surface area contributed by atoms with E-state index in [0.717, 1.165) is 35.6 Å². The Bertz CT molecular complexity index is 840. The number of rotatable bonds is 13. The second-order valence-corrected chi connectivity index (χ2v) is 9.33. The zero-order valence-electron chi connectivity index (χ0n) is 17.5. The monoisotopic (exact) mass is 404 g/mol. The lowest BCUT2D eigenvalue weighted by Crippen LogP contribution is -2.04. The van der Waals surface area contributed by atoms with Crippen LogP contribution >= 0.6 is 0 Å². The summed E-state index contributed by atoms with van der Waals surface area (Å²) in [5.41, 5.74) is 2.05. The van der Waals surface area contributed by atoms with Gasteiger partial charge in [0.15, 0.2) is 0 Å². The van der Waals surface area contributed by atoms with Crippen LogP contribution in [-0.4, -0.2) is 13.0 Å². The fraction of sp³-hybridized carbons (Fsp3) is 0.583. The quantitative estimate of drug-likeness (QED) is 0.286. The third kappa shape index (κ3) is 7.21. The minimum absolute atomic E-state index is 0.0720. The summed E-state index contributed by atoms with van der Waals surface area (Å²) >= 11 is 0. The van der Waals surface area contributed by atoms with Crippen molar-refractivity contribution in [2.24, 2.45) is 0 Å². The average Bonchev–Trinajstić information content (AvgIpc) is 2.66. The molecule has 4 heteroatoms. The van der Waals surface area contributed by atoms with Crippen molar-refractivity contribution in [3.05, 3.63) is 41.5 Å². The summed E-state index contributed by atoms with van der Waals surface area (Å²) in [4.78, 5) is 0.0720. The van der Waals surface area contributed by atoms with E-state index in [4.69, 9.17) is 0 Å². The maximum absolute atomic E-state index is 11.9. The smallest absolute Gasteiger partial charge is 0.282 e. The molecule has 0 fully saturated rings. The average molecular weight is 405 g/mol. The highest BCUT2D eigenvalue weighted by atomic mass is 32.2. The molecule has 0 aromatic heterocycles. The van der Waals surface area contributed by atoms with Gasteiger partial charge in [0.2, 0.25) is 0 Å². The molecule has 156 valence electrons. The molecule has 0 saturated carbocycles. The third-order valence-corrected chi connectivity index (χ3v) is 6.42. The number of benzene rings is 2. The Morgan fingerprint density at radius 2 is 1.32 bits per heavy atom. The van der Waals surface area contributed by atoms with Gasteiger partial charge >= 0.3 is 0 Å². The van der Waals surface area contributed by atoms with Crippen LogP contribution in [0.4, 0.5) is 0 Å². The minimum atomic E-state index is -4.21. The van der Waals surface area contributed by atoms with Gasteiger partial charge in [-0.2, -0.15) is 8.42 Å². The zero-order valence-corrected chi connectivity index (χ0v) is 18.4. The Labute approximate surface area is 171 Å². The first kappa shape index (κ1) is 22.9. The number of hydrogen-bond donors (Lipinski definition) is 1. The molecule has 0 atom stereocenters. The van der Waals surface area contributed by atoms with Gasteiger partial charge in [0, 0.05) is 0 Å². The number of aryl methyl sites for hydroxylation is 2. The maximum Gasteiger partial charge on any atom is 0.294 e. The molecule has 0 aliphatic rings. The molecule has 0 saturated heterocycles. The van der Waals surface area contributed by atoms with Crippen LogP contribution in [0.5, 0.6) is 0 Å². The van der Waals surface area contributed by atoms with E-state index in [2.05, 4.69) is 26.0 Å². The summed E-state index contributed by atoms with van der Waals surface area (Å²) in [7, 11) is -4.21. The number of fused-ring (bicyclic) bond motifs is 1. The maximum atomic E-state index is 11.9. The second kappa shape index (κ2) is 11.6. The molecule has 0 spiro atoms. The Morgan fingerprint density at radius 1 is 0.714 bits per heavy atom. The summed E-state index contributed by atoms with van der Waals surface area (Å²) in [6.07, 6.45) is 13.7. The van der Waals surface area contributed by atoms with Crippen LogP contribution in [-0.2, 0) is 23.0 Å². The van der Waals surface area contributed by atoms with E-state index in [1.165, 1.54) is 56.9 Å². The van der Waals surface area contributed by atoms with E-state index in [-0.39, 0.29) is 4.90 Å². The van der Waals surface area contributed by atoms with E-state index in [1.54, 1.807) is 6.07 Å². The molecule has 0 unspecified atom stereocenters. The Hall–Kier alpha value is -1.39. The standard InChI is InChI=1S/C24H36O3S/c1-3-5-7-9-11-13-20-15-16-21-19-24(28(25,26)27)22(18-23(21)17-20)14-12-10-8-6-4-2/h15-19H,3-14H2,1-2H3,(H,25,26,27). The number of hydrogen-bond acceptors (Lipinski definition) is 2. The van der Waals surface area contributed by atoms with Crippen LogP contribution in [0.2, 0.25) is 0 Å². The van der Waals surface area contributed by atoms with E-state index < -0.39 is 10.1 Å². The highest BCUT2D eigenvalue weighted by Crippen LogP contribution is 2.27. The first-order valence-electron chi connectivity index (χ1n) is 11.0. The summed E-state index contributed by atoms with van der Waals surface area (Å²) in [6, 6.07) is 9.86. The predicted molar refractivity (Wildman–Crippen MR) is 119 cm³/mol. The van der Waals surface area contributed by atoms with E-state index in [9.17, 15) is 13.0 Å². The normalized spacial score (nSPS) is 12.0. The molecule has 2 rings (SSSR count). The molecule has 3 nitrogen and oxygen atoms in total. The molecule has 0 radical (unpaired) electrons. The van der Waals surface area contributed by atoms with Crippen molar-refractivity contribution in [1.82, 2.24) is 0 Å². The molecule has 2 aromatic carbocycles. The van der Waals surface area contributed by atoms with Crippen molar-refractivity contribution >= 4 is 20.9 Å². The minimum Gasteiger partial charge on any atom is -0.282 e. The largest absolute Gasteiger partial charge is 0.294 e. The fourth-order valence-electron chi connectivity index (χ4n) is 3.82. The Balaban J connectivity index is 2.16. The van der Waals surface area contributed by atoms with Gasteiger partial charge in [0.1, 0.15) is 0 Å².